The quantitative estimate of drug-likeness (QED) is 0.858. The number of hydrogen-bond donors (Lipinski definition) is 1. The number of amides is 1. The predicted molar refractivity (Wildman–Crippen MR) is 91.2 cm³/mol. The first-order valence-electron chi connectivity index (χ1n) is 7.63. The van der Waals surface area contributed by atoms with Crippen molar-refractivity contribution in [1.29, 1.82) is 0 Å². The van der Waals surface area contributed by atoms with Gasteiger partial charge in [0, 0.05) is 18.1 Å². The maximum absolute atomic E-state index is 12.9. The van der Waals surface area contributed by atoms with E-state index < -0.39 is 0 Å². The fourth-order valence-electron chi connectivity index (χ4n) is 2.41. The van der Waals surface area contributed by atoms with Crippen molar-refractivity contribution in [1.82, 2.24) is 0 Å². The van der Waals surface area contributed by atoms with E-state index in [1.165, 1.54) is 0 Å². The molecule has 3 rings (SSSR count). The Kier molecular flexibility index (Phi) is 4.71. The van der Waals surface area contributed by atoms with Gasteiger partial charge in [-0.1, -0.05) is 30.7 Å². The number of nitrogens with one attached hydrogen (secondary N) is 1. The molecule has 1 N–H and O–H groups in total. The topological polar surface area (TPSA) is 64.6 Å². The van der Waals surface area contributed by atoms with Crippen LogP contribution in [0.15, 0.2) is 36.4 Å². The lowest BCUT2D eigenvalue weighted by Crippen LogP contribution is -2.18. The molecular weight excluding hydrogens is 330 g/mol. The molecule has 2 aromatic rings. The molecular formula is C18H16ClNO4. The second kappa shape index (κ2) is 6.93. The number of carbonyl (C=O) groups excluding carboxylic acids is 2. The highest BCUT2D eigenvalue weighted by atomic mass is 35.5. The molecule has 0 unspecified atom stereocenters. The van der Waals surface area contributed by atoms with Crippen LogP contribution >= 0.6 is 11.6 Å². The number of carbonyl (C=O) groups is 2. The van der Waals surface area contributed by atoms with Crippen molar-refractivity contribution in [3.63, 3.8) is 0 Å². The van der Waals surface area contributed by atoms with Crippen LogP contribution in [0.2, 0.25) is 5.02 Å². The molecule has 6 heteroatoms. The van der Waals surface area contributed by atoms with E-state index in [2.05, 4.69) is 5.32 Å². The van der Waals surface area contributed by atoms with E-state index in [9.17, 15) is 9.59 Å². The highest BCUT2D eigenvalue weighted by molar-refractivity contribution is 6.35. The summed E-state index contributed by atoms with van der Waals surface area (Å²) in [5, 5.41) is 3.09. The Bertz CT molecular complexity index is 804. The highest BCUT2D eigenvalue weighted by Gasteiger charge is 2.22. The summed E-state index contributed by atoms with van der Waals surface area (Å²) in [6.45, 7) is 2.57. The zero-order chi connectivity index (χ0) is 17.1. The summed E-state index contributed by atoms with van der Waals surface area (Å²) in [7, 11) is 0. The van der Waals surface area contributed by atoms with Gasteiger partial charge in [-0.25, -0.2) is 0 Å². The number of ether oxygens (including phenoxy) is 2. The summed E-state index contributed by atoms with van der Waals surface area (Å²) in [5.74, 6) is 0.498. The van der Waals surface area contributed by atoms with Gasteiger partial charge in [0.2, 0.25) is 5.91 Å². The Hall–Kier alpha value is -2.53. The van der Waals surface area contributed by atoms with E-state index >= 15 is 0 Å². The Morgan fingerprint density at radius 2 is 1.75 bits per heavy atom. The smallest absolute Gasteiger partial charge is 0.224 e. The molecule has 0 aromatic heterocycles. The third-order valence-corrected chi connectivity index (χ3v) is 3.97. The van der Waals surface area contributed by atoms with Gasteiger partial charge in [-0.05, 0) is 18.2 Å². The Balaban J connectivity index is 2.08. The summed E-state index contributed by atoms with van der Waals surface area (Å²) in [6.07, 6.45) is 0.300. The number of fused-ring (bicyclic) bond motifs is 1. The Morgan fingerprint density at radius 1 is 1.08 bits per heavy atom. The average Bonchev–Trinajstić information content (AvgIpc) is 2.61. The van der Waals surface area contributed by atoms with Crippen LogP contribution in [0.5, 0.6) is 11.5 Å². The van der Waals surface area contributed by atoms with Crippen LogP contribution in [0.1, 0.15) is 29.3 Å². The van der Waals surface area contributed by atoms with Crippen molar-refractivity contribution in [3.05, 3.63) is 52.5 Å². The summed E-state index contributed by atoms with van der Waals surface area (Å²) in [4.78, 5) is 24.7. The van der Waals surface area contributed by atoms with Crippen LogP contribution in [0.25, 0.3) is 0 Å². The molecule has 24 heavy (non-hydrogen) atoms. The zero-order valence-corrected chi connectivity index (χ0v) is 13.9. The van der Waals surface area contributed by atoms with Gasteiger partial charge in [-0.15, -0.1) is 0 Å². The number of ketones is 1. The molecule has 0 radical (unpaired) electrons. The van der Waals surface area contributed by atoms with Crippen LogP contribution in [-0.4, -0.2) is 24.9 Å². The first-order valence-corrected chi connectivity index (χ1v) is 8.00. The van der Waals surface area contributed by atoms with Crippen molar-refractivity contribution in [2.75, 3.05) is 18.5 Å². The number of halogens is 1. The molecule has 5 nitrogen and oxygen atoms in total. The lowest BCUT2D eigenvalue weighted by Gasteiger charge is -2.21. The van der Waals surface area contributed by atoms with Gasteiger partial charge in [0.15, 0.2) is 17.3 Å². The van der Waals surface area contributed by atoms with Gasteiger partial charge in [0.1, 0.15) is 13.2 Å². The Morgan fingerprint density at radius 3 is 2.42 bits per heavy atom. The fourth-order valence-corrected chi connectivity index (χ4v) is 2.63. The van der Waals surface area contributed by atoms with Gasteiger partial charge in [0.25, 0.3) is 0 Å². The van der Waals surface area contributed by atoms with E-state index in [-0.39, 0.29) is 11.7 Å². The van der Waals surface area contributed by atoms with E-state index in [1.54, 1.807) is 43.3 Å². The minimum absolute atomic E-state index is 0.195. The molecule has 0 atom stereocenters. The maximum Gasteiger partial charge on any atom is 0.224 e. The molecule has 0 saturated heterocycles. The van der Waals surface area contributed by atoms with E-state index in [1.807, 2.05) is 0 Å². The van der Waals surface area contributed by atoms with Gasteiger partial charge < -0.3 is 14.8 Å². The van der Waals surface area contributed by atoms with Crippen molar-refractivity contribution in [2.24, 2.45) is 0 Å². The summed E-state index contributed by atoms with van der Waals surface area (Å²) in [6, 6.07) is 9.99. The maximum atomic E-state index is 12.9. The summed E-state index contributed by atoms with van der Waals surface area (Å²) >= 11 is 6.13. The molecule has 124 valence electrons. The first-order chi connectivity index (χ1) is 11.6. The minimum atomic E-state index is -0.288. The third kappa shape index (κ3) is 3.21. The highest BCUT2D eigenvalue weighted by Crippen LogP contribution is 2.37. The molecule has 0 saturated carbocycles. The largest absolute Gasteiger partial charge is 0.486 e. The van der Waals surface area contributed by atoms with E-state index in [4.69, 9.17) is 21.1 Å². The molecule has 1 aliphatic rings. The zero-order valence-electron chi connectivity index (χ0n) is 13.1. The monoisotopic (exact) mass is 345 g/mol. The molecule has 0 aliphatic carbocycles. The number of rotatable bonds is 4. The van der Waals surface area contributed by atoms with Crippen molar-refractivity contribution >= 4 is 29.0 Å². The SMILES string of the molecule is CCC(=O)Nc1cc2c(cc1C(=O)c1ccccc1Cl)OCCO2. The third-order valence-electron chi connectivity index (χ3n) is 3.64. The van der Waals surface area contributed by atoms with Crippen LogP contribution in [0.3, 0.4) is 0 Å². The normalized spacial score (nSPS) is 12.6. The van der Waals surface area contributed by atoms with Gasteiger partial charge in [0.05, 0.1) is 16.3 Å². The number of anilines is 1. The predicted octanol–water partition coefficient (Wildman–Crippen LogP) is 3.69. The first kappa shape index (κ1) is 16.3. The standard InChI is InChI=1S/C18H16ClNO4/c1-2-17(21)20-14-10-16-15(23-7-8-24-16)9-12(14)18(22)11-5-3-4-6-13(11)19/h3-6,9-10H,2,7-8H2,1H3,(H,20,21). The summed E-state index contributed by atoms with van der Waals surface area (Å²) < 4.78 is 11.1. The van der Waals surface area contributed by atoms with Crippen molar-refractivity contribution in [3.8, 4) is 11.5 Å². The van der Waals surface area contributed by atoms with Gasteiger partial charge >= 0.3 is 0 Å². The van der Waals surface area contributed by atoms with E-state index in [0.717, 1.165) is 0 Å². The molecule has 1 aliphatic heterocycles. The van der Waals surface area contributed by atoms with Gasteiger partial charge in [-0.3, -0.25) is 9.59 Å². The lowest BCUT2D eigenvalue weighted by molar-refractivity contribution is -0.115. The summed E-state index contributed by atoms with van der Waals surface area (Å²) in [5.41, 5.74) is 1.06. The average molecular weight is 346 g/mol. The van der Waals surface area contributed by atoms with Crippen molar-refractivity contribution < 1.29 is 19.1 Å². The lowest BCUT2D eigenvalue weighted by atomic mass is 10.0. The van der Waals surface area contributed by atoms with Crippen LogP contribution in [-0.2, 0) is 4.79 Å². The van der Waals surface area contributed by atoms with Crippen molar-refractivity contribution in [2.45, 2.75) is 13.3 Å². The van der Waals surface area contributed by atoms with Crippen LogP contribution in [0.4, 0.5) is 5.69 Å². The van der Waals surface area contributed by atoms with Crippen LogP contribution in [0, 0.1) is 0 Å². The Labute approximate surface area is 144 Å². The molecule has 0 spiro atoms. The molecule has 0 bridgehead atoms. The minimum Gasteiger partial charge on any atom is -0.486 e. The second-order valence-electron chi connectivity index (χ2n) is 5.25. The molecule has 1 amide bonds. The molecule has 2 aromatic carbocycles. The number of hydrogen-bond acceptors (Lipinski definition) is 4. The number of benzene rings is 2. The molecule has 1 heterocycles. The van der Waals surface area contributed by atoms with E-state index in [0.29, 0.717) is 53.0 Å². The van der Waals surface area contributed by atoms with Crippen LogP contribution < -0.4 is 14.8 Å². The molecule has 0 fully saturated rings. The fraction of sp³-hybridized carbons (Fsp3) is 0.222. The van der Waals surface area contributed by atoms with Gasteiger partial charge in [-0.2, -0.15) is 0 Å². The second-order valence-corrected chi connectivity index (χ2v) is 5.66.